The maximum absolute atomic E-state index is 6.23. The summed E-state index contributed by atoms with van der Waals surface area (Å²) in [6, 6.07) is 23.3. The van der Waals surface area contributed by atoms with Crippen molar-refractivity contribution in [2.45, 2.75) is 44.9 Å². The number of quaternary nitrogens is 1. The van der Waals surface area contributed by atoms with E-state index in [0.29, 0.717) is 23.2 Å². The number of hydrogen-bond acceptors (Lipinski definition) is 6. The average Bonchev–Trinajstić information content (AvgIpc) is 3.43. The number of allylic oxidation sites excluding steroid dienone is 1. The Labute approximate surface area is 230 Å². The summed E-state index contributed by atoms with van der Waals surface area (Å²) in [7, 11) is 0. The van der Waals surface area contributed by atoms with E-state index in [1.807, 2.05) is 67.7 Å². The SMILES string of the molecule is C1=C[N+]2(N(c3cccc(OCc4ccccc4)c3)C3CCC(CNCc4cccnc4)CC3)C=NC=C2C=N1. The highest BCUT2D eigenvalue weighted by molar-refractivity contribution is 5.82. The van der Waals surface area contributed by atoms with Crippen LogP contribution in [0.2, 0.25) is 0 Å². The van der Waals surface area contributed by atoms with Crippen molar-refractivity contribution in [3.05, 3.63) is 115 Å². The Hall–Kier alpha value is -4.07. The lowest BCUT2D eigenvalue weighted by Crippen LogP contribution is -2.60. The Kier molecular flexibility index (Phi) is 7.61. The Balaban J connectivity index is 1.18. The molecule has 2 aliphatic heterocycles. The molecule has 6 rings (SSSR count). The molecule has 0 bridgehead atoms. The van der Waals surface area contributed by atoms with Crippen molar-refractivity contribution in [3.63, 3.8) is 0 Å². The topological polar surface area (TPSA) is 62.1 Å². The standard InChI is InChI=1S/C32H35N6O/c1-2-6-27(7-3-1)24-39-32-10-4-9-30(18-32)37(38-17-16-34-22-31(38)23-36-25-38)29-13-11-26(12-14-29)19-35-21-28-8-5-15-33-20-28/h1-10,15-18,20,22-23,25-26,29,35H,11-14,19,21,24H2/q+1. The molecule has 7 nitrogen and oxygen atoms in total. The van der Waals surface area contributed by atoms with Crippen LogP contribution in [-0.4, -0.2) is 34.7 Å². The van der Waals surface area contributed by atoms with Gasteiger partial charge in [0.1, 0.15) is 12.4 Å². The molecule has 1 unspecified atom stereocenters. The molecule has 1 aliphatic carbocycles. The third kappa shape index (κ3) is 5.70. The molecule has 1 atom stereocenters. The van der Waals surface area contributed by atoms with Gasteiger partial charge in [0, 0.05) is 25.0 Å². The van der Waals surface area contributed by atoms with Crippen LogP contribution in [0, 0.1) is 5.92 Å². The molecule has 0 spiro atoms. The van der Waals surface area contributed by atoms with Crippen LogP contribution in [-0.2, 0) is 13.2 Å². The van der Waals surface area contributed by atoms with Gasteiger partial charge in [-0.05, 0) is 67.5 Å². The molecule has 1 aromatic heterocycles. The maximum atomic E-state index is 6.23. The lowest BCUT2D eigenvalue weighted by atomic mass is 9.85. The fraction of sp³-hybridized carbons (Fsp3) is 0.281. The summed E-state index contributed by atoms with van der Waals surface area (Å²) in [5.41, 5.74) is 4.56. The van der Waals surface area contributed by atoms with Gasteiger partial charge in [0.15, 0.2) is 6.20 Å². The molecule has 0 radical (unpaired) electrons. The van der Waals surface area contributed by atoms with Crippen LogP contribution in [0.5, 0.6) is 5.75 Å². The number of nitrogens with zero attached hydrogens (tertiary/aromatic N) is 5. The summed E-state index contributed by atoms with van der Waals surface area (Å²) in [5, 5.41) is 6.15. The van der Waals surface area contributed by atoms with E-state index in [-0.39, 0.29) is 0 Å². The Morgan fingerprint density at radius 2 is 1.79 bits per heavy atom. The molecule has 0 saturated heterocycles. The predicted octanol–water partition coefficient (Wildman–Crippen LogP) is 5.99. The lowest BCUT2D eigenvalue weighted by Gasteiger charge is -2.45. The summed E-state index contributed by atoms with van der Waals surface area (Å²) in [5.74, 6) is 1.53. The molecule has 198 valence electrons. The first-order valence-electron chi connectivity index (χ1n) is 13.8. The van der Waals surface area contributed by atoms with Crippen molar-refractivity contribution in [3.8, 4) is 5.75 Å². The Morgan fingerprint density at radius 1 is 0.923 bits per heavy atom. The third-order valence-corrected chi connectivity index (χ3v) is 7.78. The predicted molar refractivity (Wildman–Crippen MR) is 156 cm³/mol. The first kappa shape index (κ1) is 25.2. The minimum atomic E-state index is 0.355. The van der Waals surface area contributed by atoms with E-state index >= 15 is 0 Å². The van der Waals surface area contributed by atoms with E-state index in [0.717, 1.165) is 48.6 Å². The highest BCUT2D eigenvalue weighted by atomic mass is 16.5. The molecule has 1 N–H and O–H groups in total. The number of hydrogen-bond donors (Lipinski definition) is 1. The molecular formula is C32H35N6O+. The van der Waals surface area contributed by atoms with Crippen LogP contribution in [0.25, 0.3) is 0 Å². The summed E-state index contributed by atoms with van der Waals surface area (Å²) in [6.07, 6.45) is 18.2. The van der Waals surface area contributed by atoms with Crippen LogP contribution in [0.15, 0.2) is 113 Å². The number of aromatic nitrogens is 1. The van der Waals surface area contributed by atoms with Gasteiger partial charge in [-0.1, -0.05) is 42.5 Å². The van der Waals surface area contributed by atoms with Crippen molar-refractivity contribution >= 4 is 18.2 Å². The molecule has 0 amide bonds. The monoisotopic (exact) mass is 519 g/mol. The normalized spacial score (nSPS) is 23.3. The highest BCUT2D eigenvalue weighted by Crippen LogP contribution is 2.39. The first-order valence-corrected chi connectivity index (χ1v) is 13.8. The second-order valence-electron chi connectivity index (χ2n) is 10.4. The largest absolute Gasteiger partial charge is 0.489 e. The first-order chi connectivity index (χ1) is 19.3. The van der Waals surface area contributed by atoms with Gasteiger partial charge in [-0.15, -0.1) is 4.59 Å². The molecule has 39 heavy (non-hydrogen) atoms. The number of pyridine rings is 1. The second kappa shape index (κ2) is 11.8. The quantitative estimate of drug-likeness (QED) is 0.335. The molecule has 1 saturated carbocycles. The van der Waals surface area contributed by atoms with E-state index in [2.05, 4.69) is 67.9 Å². The van der Waals surface area contributed by atoms with Gasteiger partial charge >= 0.3 is 0 Å². The third-order valence-electron chi connectivity index (χ3n) is 7.78. The summed E-state index contributed by atoms with van der Waals surface area (Å²) < 4.78 is 6.66. The highest BCUT2D eigenvalue weighted by Gasteiger charge is 2.45. The van der Waals surface area contributed by atoms with E-state index in [4.69, 9.17) is 4.74 Å². The van der Waals surface area contributed by atoms with E-state index in [1.54, 1.807) is 0 Å². The molecule has 3 aromatic rings. The summed E-state index contributed by atoms with van der Waals surface area (Å²) >= 11 is 0. The van der Waals surface area contributed by atoms with Crippen LogP contribution >= 0.6 is 0 Å². The summed E-state index contributed by atoms with van der Waals surface area (Å²) in [4.78, 5) is 13.2. The van der Waals surface area contributed by atoms with E-state index in [9.17, 15) is 0 Å². The molecule has 3 heterocycles. The summed E-state index contributed by atoms with van der Waals surface area (Å²) in [6.45, 7) is 2.44. The van der Waals surface area contributed by atoms with Crippen molar-refractivity contribution in [2.24, 2.45) is 15.9 Å². The number of nitrogens with one attached hydrogen (secondary N) is 1. The minimum Gasteiger partial charge on any atom is -0.489 e. The van der Waals surface area contributed by atoms with Gasteiger partial charge < -0.3 is 10.1 Å². The number of benzene rings is 2. The molecule has 3 aliphatic rings. The van der Waals surface area contributed by atoms with Crippen molar-refractivity contribution in [2.75, 3.05) is 11.6 Å². The number of aliphatic imine (C=N–C) groups is 2. The Bertz CT molecular complexity index is 1360. The van der Waals surface area contributed by atoms with Crippen LogP contribution < -0.4 is 15.1 Å². The van der Waals surface area contributed by atoms with E-state index < -0.39 is 0 Å². The molecule has 7 heteroatoms. The van der Waals surface area contributed by atoms with Crippen LogP contribution in [0.4, 0.5) is 5.69 Å². The van der Waals surface area contributed by atoms with Gasteiger partial charge in [-0.25, -0.2) is 10.0 Å². The van der Waals surface area contributed by atoms with Crippen molar-refractivity contribution in [1.82, 2.24) is 10.3 Å². The van der Waals surface area contributed by atoms with E-state index in [1.165, 1.54) is 18.4 Å². The zero-order valence-electron chi connectivity index (χ0n) is 22.1. The Morgan fingerprint density at radius 3 is 2.64 bits per heavy atom. The van der Waals surface area contributed by atoms with Crippen LogP contribution in [0.1, 0.15) is 36.8 Å². The number of anilines is 1. The molecular weight excluding hydrogens is 484 g/mol. The zero-order valence-corrected chi connectivity index (χ0v) is 22.1. The van der Waals surface area contributed by atoms with Gasteiger partial charge in [-0.3, -0.25) is 9.98 Å². The van der Waals surface area contributed by atoms with Crippen LogP contribution in [0.3, 0.4) is 0 Å². The molecule has 1 fully saturated rings. The fourth-order valence-electron chi connectivity index (χ4n) is 5.78. The van der Waals surface area contributed by atoms with Gasteiger partial charge in [0.25, 0.3) is 0 Å². The lowest BCUT2D eigenvalue weighted by molar-refractivity contribution is -0.746. The van der Waals surface area contributed by atoms with Gasteiger partial charge in [0.05, 0.1) is 30.3 Å². The second-order valence-corrected chi connectivity index (χ2v) is 10.4. The van der Waals surface area contributed by atoms with Crippen molar-refractivity contribution < 1.29 is 9.33 Å². The zero-order chi connectivity index (χ0) is 26.3. The fourth-order valence-corrected chi connectivity index (χ4v) is 5.78. The number of rotatable bonds is 10. The van der Waals surface area contributed by atoms with Gasteiger partial charge in [-0.2, -0.15) is 0 Å². The molecule has 2 aromatic carbocycles. The maximum Gasteiger partial charge on any atom is 0.225 e. The van der Waals surface area contributed by atoms with Crippen molar-refractivity contribution in [1.29, 1.82) is 0 Å². The number of ether oxygens (including phenoxy) is 1. The van der Waals surface area contributed by atoms with Gasteiger partial charge in [0.2, 0.25) is 12.0 Å². The average molecular weight is 520 g/mol. The smallest absolute Gasteiger partial charge is 0.225 e. The minimum absolute atomic E-state index is 0.355. The number of fused-ring (bicyclic) bond motifs is 1.